The molecule has 1 atom stereocenters. The van der Waals surface area contributed by atoms with Crippen LogP contribution in [-0.2, 0) is 9.59 Å². The lowest BCUT2D eigenvalue weighted by molar-refractivity contribution is -0.132. The Kier molecular flexibility index (Phi) is 5.55. The standard InChI is InChI=1S/C26H21FN4O4S/c1-12-8-7-11-30-14(3)19(29-24(12)30)21(33)18-20(16-9-5-6-10-17(16)27)31(25(35)22(18)34)26-28-13(2)23(36-26)15(4)32/h5-11,20,33H,1-4H3. The van der Waals surface area contributed by atoms with Gasteiger partial charge in [-0.2, -0.15) is 0 Å². The number of rotatable bonds is 4. The van der Waals surface area contributed by atoms with Crippen molar-refractivity contribution in [2.75, 3.05) is 4.90 Å². The summed E-state index contributed by atoms with van der Waals surface area (Å²) >= 11 is 0.939. The van der Waals surface area contributed by atoms with E-state index in [1.807, 2.05) is 19.1 Å². The molecule has 1 aromatic carbocycles. The average Bonchev–Trinajstić information content (AvgIpc) is 3.47. The molecule has 8 nitrogen and oxygen atoms in total. The molecule has 182 valence electrons. The first-order chi connectivity index (χ1) is 17.1. The van der Waals surface area contributed by atoms with Gasteiger partial charge in [-0.3, -0.25) is 19.3 Å². The minimum atomic E-state index is -1.30. The summed E-state index contributed by atoms with van der Waals surface area (Å²) in [6.45, 7) is 6.59. The van der Waals surface area contributed by atoms with Gasteiger partial charge in [-0.1, -0.05) is 35.6 Å². The lowest BCUT2D eigenvalue weighted by Gasteiger charge is -2.23. The zero-order valence-electron chi connectivity index (χ0n) is 19.9. The van der Waals surface area contributed by atoms with E-state index in [4.69, 9.17) is 0 Å². The van der Waals surface area contributed by atoms with Gasteiger partial charge in [0.05, 0.1) is 21.8 Å². The molecule has 0 radical (unpaired) electrons. The topological polar surface area (TPSA) is 105 Å². The second kappa shape index (κ2) is 8.49. The minimum absolute atomic E-state index is 0.00748. The number of aromatic nitrogens is 3. The van der Waals surface area contributed by atoms with Crippen LogP contribution in [0, 0.1) is 26.6 Å². The van der Waals surface area contributed by atoms with E-state index >= 15 is 4.39 Å². The number of aliphatic hydroxyl groups excluding tert-OH is 1. The van der Waals surface area contributed by atoms with Crippen LogP contribution in [0.25, 0.3) is 11.4 Å². The molecule has 1 fully saturated rings. The fraction of sp³-hybridized carbons (Fsp3) is 0.192. The number of imidazole rings is 1. The van der Waals surface area contributed by atoms with Crippen molar-refractivity contribution in [1.29, 1.82) is 0 Å². The quantitative estimate of drug-likeness (QED) is 0.187. The zero-order chi connectivity index (χ0) is 25.9. The highest BCUT2D eigenvalue weighted by molar-refractivity contribution is 7.18. The highest BCUT2D eigenvalue weighted by atomic mass is 32.1. The number of benzene rings is 1. The van der Waals surface area contributed by atoms with E-state index in [2.05, 4.69) is 9.97 Å². The molecule has 0 saturated carbocycles. The molecule has 0 spiro atoms. The number of amides is 1. The molecule has 5 rings (SSSR count). The van der Waals surface area contributed by atoms with Gasteiger partial charge in [0.2, 0.25) is 0 Å². The van der Waals surface area contributed by atoms with Crippen molar-refractivity contribution >= 4 is 45.3 Å². The number of thiazole rings is 1. The number of pyridine rings is 1. The van der Waals surface area contributed by atoms with Crippen LogP contribution in [-0.4, -0.2) is 36.9 Å². The molecule has 4 heterocycles. The summed E-state index contributed by atoms with van der Waals surface area (Å²) in [6.07, 6.45) is 1.77. The van der Waals surface area contributed by atoms with Crippen LogP contribution in [0.5, 0.6) is 0 Å². The highest BCUT2D eigenvalue weighted by Crippen LogP contribution is 2.44. The maximum absolute atomic E-state index is 15.1. The van der Waals surface area contributed by atoms with Crippen LogP contribution in [0.4, 0.5) is 9.52 Å². The normalized spacial score (nSPS) is 17.4. The van der Waals surface area contributed by atoms with Gasteiger partial charge in [0.1, 0.15) is 23.2 Å². The fourth-order valence-electron chi connectivity index (χ4n) is 4.51. The number of nitrogens with zero attached hydrogens (tertiary/aromatic N) is 4. The fourth-order valence-corrected chi connectivity index (χ4v) is 5.50. The summed E-state index contributed by atoms with van der Waals surface area (Å²) in [7, 11) is 0. The van der Waals surface area contributed by atoms with Crippen molar-refractivity contribution in [3.8, 4) is 0 Å². The van der Waals surface area contributed by atoms with E-state index in [1.54, 1.807) is 30.5 Å². The first-order valence-electron chi connectivity index (χ1n) is 11.1. The van der Waals surface area contributed by atoms with Crippen LogP contribution in [0.2, 0.25) is 0 Å². The molecule has 0 bridgehead atoms. The van der Waals surface area contributed by atoms with Crippen LogP contribution < -0.4 is 4.90 Å². The molecular formula is C26H21FN4O4S. The van der Waals surface area contributed by atoms with Crippen molar-refractivity contribution in [1.82, 2.24) is 14.4 Å². The first kappa shape index (κ1) is 23.6. The Morgan fingerprint density at radius 3 is 2.44 bits per heavy atom. The Labute approximate surface area is 209 Å². The molecule has 10 heteroatoms. The number of hydrogen-bond acceptors (Lipinski definition) is 7. The molecule has 4 aromatic rings. The van der Waals surface area contributed by atoms with Crippen LogP contribution in [0.1, 0.15) is 50.8 Å². The van der Waals surface area contributed by atoms with Gasteiger partial charge in [-0.25, -0.2) is 14.4 Å². The second-order valence-electron chi connectivity index (χ2n) is 8.59. The largest absolute Gasteiger partial charge is 0.505 e. The number of Topliss-reactive ketones (excluding diaryl/α,β-unsaturated/α-hetero) is 2. The lowest BCUT2D eigenvalue weighted by Crippen LogP contribution is -2.29. The Morgan fingerprint density at radius 1 is 1.08 bits per heavy atom. The molecular weight excluding hydrogens is 483 g/mol. The van der Waals surface area contributed by atoms with Gasteiger partial charge in [0.25, 0.3) is 5.78 Å². The summed E-state index contributed by atoms with van der Waals surface area (Å²) in [5, 5.41) is 11.5. The molecule has 1 saturated heterocycles. The molecule has 1 aliphatic rings. The summed E-state index contributed by atoms with van der Waals surface area (Å²) in [4.78, 5) is 48.9. The van der Waals surface area contributed by atoms with E-state index in [1.165, 1.54) is 25.1 Å². The van der Waals surface area contributed by atoms with Crippen LogP contribution in [0.3, 0.4) is 0 Å². The third-order valence-electron chi connectivity index (χ3n) is 6.26. The van der Waals surface area contributed by atoms with Crippen molar-refractivity contribution < 1.29 is 23.9 Å². The summed E-state index contributed by atoms with van der Waals surface area (Å²) in [6, 6.07) is 8.11. The van der Waals surface area contributed by atoms with E-state index in [0.29, 0.717) is 21.9 Å². The number of fused-ring (bicyclic) bond motifs is 1. The molecule has 1 amide bonds. The third kappa shape index (κ3) is 3.44. The van der Waals surface area contributed by atoms with Crippen molar-refractivity contribution in [3.05, 3.63) is 87.1 Å². The predicted octanol–water partition coefficient (Wildman–Crippen LogP) is 4.68. The molecule has 0 aliphatic carbocycles. The number of aryl methyl sites for hydroxylation is 3. The number of anilines is 1. The maximum atomic E-state index is 15.1. The number of carbonyl (C=O) groups excluding carboxylic acids is 3. The number of hydrogen-bond donors (Lipinski definition) is 1. The predicted molar refractivity (Wildman–Crippen MR) is 133 cm³/mol. The molecule has 1 N–H and O–H groups in total. The van der Waals surface area contributed by atoms with Gasteiger partial charge in [-0.05, 0) is 38.5 Å². The summed E-state index contributed by atoms with van der Waals surface area (Å²) < 4.78 is 16.9. The number of carbonyl (C=O) groups is 3. The Balaban J connectivity index is 1.79. The Morgan fingerprint density at radius 2 is 1.81 bits per heavy atom. The highest BCUT2D eigenvalue weighted by Gasteiger charge is 2.49. The van der Waals surface area contributed by atoms with E-state index in [0.717, 1.165) is 21.8 Å². The van der Waals surface area contributed by atoms with Gasteiger partial charge >= 0.3 is 5.91 Å². The van der Waals surface area contributed by atoms with Crippen LogP contribution >= 0.6 is 11.3 Å². The summed E-state index contributed by atoms with van der Waals surface area (Å²) in [5.74, 6) is -3.39. The van der Waals surface area contributed by atoms with Crippen molar-refractivity contribution in [3.63, 3.8) is 0 Å². The SMILES string of the molecule is CC(=O)c1sc(N2C(=O)C(=O)C(=C(O)c3nc4c(C)cccn4c3C)C2c2ccccc2F)nc1C. The average molecular weight is 505 g/mol. The van der Waals surface area contributed by atoms with E-state index < -0.39 is 29.3 Å². The van der Waals surface area contributed by atoms with Gasteiger partial charge in [0.15, 0.2) is 16.7 Å². The molecule has 1 unspecified atom stereocenters. The van der Waals surface area contributed by atoms with E-state index in [-0.39, 0.29) is 27.7 Å². The van der Waals surface area contributed by atoms with Crippen LogP contribution in [0.15, 0.2) is 48.2 Å². The van der Waals surface area contributed by atoms with E-state index in [9.17, 15) is 19.5 Å². The smallest absolute Gasteiger partial charge is 0.301 e. The second-order valence-corrected chi connectivity index (χ2v) is 9.57. The Hall–Kier alpha value is -4.18. The maximum Gasteiger partial charge on any atom is 0.301 e. The van der Waals surface area contributed by atoms with Crippen molar-refractivity contribution in [2.45, 2.75) is 33.7 Å². The minimum Gasteiger partial charge on any atom is -0.505 e. The molecule has 36 heavy (non-hydrogen) atoms. The number of halogens is 1. The number of aliphatic hydroxyl groups is 1. The first-order valence-corrected chi connectivity index (χ1v) is 11.9. The van der Waals surface area contributed by atoms with Crippen molar-refractivity contribution in [2.24, 2.45) is 0 Å². The Bertz CT molecular complexity index is 1630. The van der Waals surface area contributed by atoms with Gasteiger partial charge < -0.3 is 9.51 Å². The zero-order valence-corrected chi connectivity index (χ0v) is 20.7. The molecule has 1 aliphatic heterocycles. The number of ketones is 2. The van der Waals surface area contributed by atoms with Gasteiger partial charge in [-0.15, -0.1) is 0 Å². The third-order valence-corrected chi connectivity index (χ3v) is 7.52. The molecule has 3 aromatic heterocycles. The lowest BCUT2D eigenvalue weighted by atomic mass is 9.96. The van der Waals surface area contributed by atoms with Gasteiger partial charge in [0, 0.05) is 18.7 Å². The monoisotopic (exact) mass is 504 g/mol. The summed E-state index contributed by atoms with van der Waals surface area (Å²) in [5.41, 5.74) is 2.19.